The summed E-state index contributed by atoms with van der Waals surface area (Å²) in [7, 11) is 0. The van der Waals surface area contributed by atoms with Gasteiger partial charge in [0.2, 0.25) is 0 Å². The summed E-state index contributed by atoms with van der Waals surface area (Å²) in [4.78, 5) is 31.7. The first kappa shape index (κ1) is 25.4. The molecule has 198 valence electrons. The minimum absolute atomic E-state index is 0.200. The van der Waals surface area contributed by atoms with Crippen LogP contribution in [0.3, 0.4) is 0 Å². The second-order valence-corrected chi connectivity index (χ2v) is 10.5. The fourth-order valence-corrected chi connectivity index (χ4v) is 5.31. The predicted molar refractivity (Wildman–Crippen MR) is 151 cm³/mol. The number of anilines is 1. The van der Waals surface area contributed by atoms with Gasteiger partial charge in [-0.25, -0.2) is 0 Å². The Morgan fingerprint density at radius 2 is 1.90 bits per heavy atom. The van der Waals surface area contributed by atoms with Crippen LogP contribution in [-0.4, -0.2) is 35.4 Å². The monoisotopic (exact) mass is 569 g/mol. The van der Waals surface area contributed by atoms with Crippen molar-refractivity contribution in [3.63, 3.8) is 0 Å². The number of nitrogens with zero attached hydrogens (tertiary/aromatic N) is 6. The van der Waals surface area contributed by atoms with Crippen molar-refractivity contribution in [3.8, 4) is 22.5 Å². The molecular weight excluding hydrogens is 550 g/mol. The molecule has 0 aromatic carbocycles. The molecule has 6 heterocycles. The molecule has 10 nitrogen and oxygen atoms in total. The van der Waals surface area contributed by atoms with E-state index in [0.29, 0.717) is 39.2 Å². The van der Waals surface area contributed by atoms with Crippen molar-refractivity contribution < 1.29 is 9.21 Å². The van der Waals surface area contributed by atoms with Gasteiger partial charge in [-0.3, -0.25) is 14.6 Å². The molecule has 0 atom stereocenters. The van der Waals surface area contributed by atoms with Crippen LogP contribution in [0.15, 0.2) is 101 Å². The number of halogens is 1. The highest BCUT2D eigenvalue weighted by Gasteiger charge is 2.22. The zero-order valence-corrected chi connectivity index (χ0v) is 22.3. The fourth-order valence-electron chi connectivity index (χ4n) is 4.28. The first-order valence-corrected chi connectivity index (χ1v) is 13.3. The largest absolute Gasteiger partial charge is 0.472 e. The third-order valence-electron chi connectivity index (χ3n) is 6.14. The topological polar surface area (TPSA) is 121 Å². The lowest BCUT2D eigenvalue weighted by atomic mass is 10.0. The van der Waals surface area contributed by atoms with E-state index in [-0.39, 0.29) is 18.0 Å². The van der Waals surface area contributed by atoms with E-state index in [0.717, 1.165) is 16.0 Å². The number of aromatic nitrogens is 6. The average Bonchev–Trinajstić information content (AvgIpc) is 3.75. The van der Waals surface area contributed by atoms with Gasteiger partial charge >= 0.3 is 0 Å². The van der Waals surface area contributed by atoms with Gasteiger partial charge in [-0.05, 0) is 48.0 Å². The molecule has 6 rings (SSSR count). The molecule has 0 amide bonds. The third-order valence-corrected chi connectivity index (χ3v) is 7.37. The van der Waals surface area contributed by atoms with Crippen LogP contribution >= 0.6 is 22.9 Å². The maximum Gasteiger partial charge on any atom is 0.283 e. The van der Waals surface area contributed by atoms with Crippen LogP contribution in [0.4, 0.5) is 5.82 Å². The summed E-state index contributed by atoms with van der Waals surface area (Å²) >= 11 is 7.55. The van der Waals surface area contributed by atoms with E-state index in [1.165, 1.54) is 34.6 Å². The molecule has 0 fully saturated rings. The molecule has 0 radical (unpaired) electrons. The summed E-state index contributed by atoms with van der Waals surface area (Å²) in [6.07, 6.45) is 9.33. The van der Waals surface area contributed by atoms with E-state index in [1.54, 1.807) is 53.6 Å². The summed E-state index contributed by atoms with van der Waals surface area (Å²) in [5.74, 6) is 0.107. The lowest BCUT2D eigenvalue weighted by Crippen LogP contribution is -2.22. The summed E-state index contributed by atoms with van der Waals surface area (Å²) in [6, 6.07) is 15.8. The number of rotatable bonds is 8. The van der Waals surface area contributed by atoms with Crippen molar-refractivity contribution in [1.82, 2.24) is 29.5 Å². The number of carbonyl (C=O) groups excluding carboxylic acids is 1. The molecule has 6 aromatic rings. The first-order chi connectivity index (χ1) is 19.6. The molecule has 0 saturated heterocycles. The Balaban J connectivity index is 1.49. The van der Waals surface area contributed by atoms with E-state index in [1.807, 2.05) is 24.3 Å². The molecule has 12 heteroatoms. The van der Waals surface area contributed by atoms with Crippen LogP contribution in [0, 0.1) is 0 Å². The standard InChI is InChI=1S/C28H20ClN7O3S/c29-24-3-1-21(40-24)15-31-25-13-23(34-36(25)28(38)20-8-12-39-17-20)22-2-4-26(37)35(16-18-5-11-32-33-14-18)27(22)19-6-9-30-10-7-19/h1-14,17,31H,15-16H2. The predicted octanol–water partition coefficient (Wildman–Crippen LogP) is 5.22. The molecule has 0 aliphatic rings. The Hall–Kier alpha value is -4.87. The Labute approximate surface area is 236 Å². The van der Waals surface area contributed by atoms with E-state index in [2.05, 4.69) is 20.5 Å². The molecule has 1 N–H and O–H groups in total. The van der Waals surface area contributed by atoms with Gasteiger partial charge in [-0.15, -0.1) is 11.3 Å². The van der Waals surface area contributed by atoms with Crippen molar-refractivity contribution in [2.24, 2.45) is 0 Å². The molecular formula is C28H20ClN7O3S. The van der Waals surface area contributed by atoms with Gasteiger partial charge in [0.1, 0.15) is 12.1 Å². The van der Waals surface area contributed by atoms with Crippen LogP contribution in [0.1, 0.15) is 20.8 Å². The van der Waals surface area contributed by atoms with Crippen LogP contribution in [-0.2, 0) is 13.1 Å². The van der Waals surface area contributed by atoms with Gasteiger partial charge in [0.25, 0.3) is 11.5 Å². The van der Waals surface area contributed by atoms with Gasteiger partial charge in [0.15, 0.2) is 0 Å². The zero-order chi connectivity index (χ0) is 27.5. The molecule has 0 bridgehead atoms. The number of hydrogen-bond acceptors (Lipinski definition) is 9. The van der Waals surface area contributed by atoms with Crippen molar-refractivity contribution in [1.29, 1.82) is 0 Å². The van der Waals surface area contributed by atoms with Gasteiger partial charge in [0, 0.05) is 46.7 Å². The second-order valence-electron chi connectivity index (χ2n) is 8.71. The van der Waals surface area contributed by atoms with Gasteiger partial charge in [-0.1, -0.05) is 11.6 Å². The first-order valence-electron chi connectivity index (χ1n) is 12.1. The van der Waals surface area contributed by atoms with Gasteiger partial charge in [-0.2, -0.15) is 20.0 Å². The van der Waals surface area contributed by atoms with E-state index in [4.69, 9.17) is 21.1 Å². The van der Waals surface area contributed by atoms with Crippen molar-refractivity contribution in [2.45, 2.75) is 13.1 Å². The normalized spacial score (nSPS) is 11.0. The highest BCUT2D eigenvalue weighted by atomic mass is 35.5. The van der Waals surface area contributed by atoms with E-state index >= 15 is 0 Å². The number of hydrogen-bond donors (Lipinski definition) is 1. The third kappa shape index (κ3) is 5.20. The molecule has 0 aliphatic heterocycles. The molecule has 0 saturated carbocycles. The number of furan rings is 1. The molecule has 0 unspecified atom stereocenters. The molecule has 6 aromatic heterocycles. The summed E-state index contributed by atoms with van der Waals surface area (Å²) in [6.45, 7) is 0.700. The quantitative estimate of drug-likeness (QED) is 0.265. The maximum atomic E-state index is 13.4. The second kappa shape index (κ2) is 11.1. The smallest absolute Gasteiger partial charge is 0.283 e. The van der Waals surface area contributed by atoms with Crippen molar-refractivity contribution in [3.05, 3.63) is 123 Å². The minimum Gasteiger partial charge on any atom is -0.472 e. The number of thiophene rings is 1. The lowest BCUT2D eigenvalue weighted by Gasteiger charge is -2.16. The van der Waals surface area contributed by atoms with E-state index in [9.17, 15) is 9.59 Å². The average molecular weight is 570 g/mol. The number of pyridine rings is 2. The molecule has 0 spiro atoms. The summed E-state index contributed by atoms with van der Waals surface area (Å²) in [5.41, 5.74) is 3.51. The maximum absolute atomic E-state index is 13.4. The Morgan fingerprint density at radius 1 is 1.02 bits per heavy atom. The van der Waals surface area contributed by atoms with Gasteiger partial charge < -0.3 is 14.3 Å². The minimum atomic E-state index is -0.367. The summed E-state index contributed by atoms with van der Waals surface area (Å²) in [5, 5.41) is 15.8. The number of nitrogens with one attached hydrogen (secondary N) is 1. The van der Waals surface area contributed by atoms with Gasteiger partial charge in [0.05, 0.1) is 46.8 Å². The highest BCUT2D eigenvalue weighted by molar-refractivity contribution is 7.16. The Kier molecular flexibility index (Phi) is 7.04. The molecule has 0 aliphatic carbocycles. The lowest BCUT2D eigenvalue weighted by molar-refractivity contribution is 0.0947. The molecule has 40 heavy (non-hydrogen) atoms. The fraction of sp³-hybridized carbons (Fsp3) is 0.0714. The van der Waals surface area contributed by atoms with E-state index < -0.39 is 0 Å². The number of carbonyl (C=O) groups is 1. The van der Waals surface area contributed by atoms with Crippen LogP contribution in [0.25, 0.3) is 22.5 Å². The van der Waals surface area contributed by atoms with Crippen LogP contribution < -0.4 is 10.9 Å². The Bertz CT molecular complexity index is 1830. The van der Waals surface area contributed by atoms with Crippen LogP contribution in [0.2, 0.25) is 4.34 Å². The SMILES string of the molecule is O=C(c1ccoc1)n1nc(-c2ccc(=O)n(Cc3ccnnc3)c2-c2ccncc2)cc1NCc1ccc(Cl)s1. The zero-order valence-electron chi connectivity index (χ0n) is 20.8. The summed E-state index contributed by atoms with van der Waals surface area (Å²) < 4.78 is 8.76. The van der Waals surface area contributed by atoms with Crippen molar-refractivity contribution >= 4 is 34.7 Å². The van der Waals surface area contributed by atoms with Crippen LogP contribution in [0.5, 0.6) is 0 Å². The van der Waals surface area contributed by atoms with Crippen molar-refractivity contribution in [2.75, 3.05) is 5.32 Å². The highest BCUT2D eigenvalue weighted by Crippen LogP contribution is 2.33. The Morgan fingerprint density at radius 3 is 2.62 bits per heavy atom.